The van der Waals surface area contributed by atoms with Crippen LogP contribution in [0.25, 0.3) is 0 Å². The van der Waals surface area contributed by atoms with E-state index in [1.54, 1.807) is 24.3 Å². The molecule has 3 rings (SSSR count). The van der Waals surface area contributed by atoms with Gasteiger partial charge in [0.2, 0.25) is 0 Å². The van der Waals surface area contributed by atoms with E-state index in [0.717, 1.165) is 31.2 Å². The Bertz CT molecular complexity index is 779. The van der Waals surface area contributed by atoms with Crippen molar-refractivity contribution in [3.63, 3.8) is 0 Å². The maximum absolute atomic E-state index is 13.3. The lowest BCUT2D eigenvalue weighted by atomic mass is 9.80. The van der Waals surface area contributed by atoms with Crippen LogP contribution >= 0.6 is 0 Å². The summed E-state index contributed by atoms with van der Waals surface area (Å²) in [6.07, 6.45) is 4.76. The van der Waals surface area contributed by atoms with Crippen LogP contribution < -0.4 is 5.32 Å². The van der Waals surface area contributed by atoms with E-state index in [4.69, 9.17) is 0 Å². The summed E-state index contributed by atoms with van der Waals surface area (Å²) in [5.74, 6) is -0.0378. The van der Waals surface area contributed by atoms with Gasteiger partial charge in [-0.1, -0.05) is 13.0 Å². The quantitative estimate of drug-likeness (QED) is 0.675. The van der Waals surface area contributed by atoms with Gasteiger partial charge in [0.05, 0.1) is 6.04 Å². The molecule has 144 valence electrons. The van der Waals surface area contributed by atoms with Gasteiger partial charge < -0.3 is 5.32 Å². The number of carbonyl (C=O) groups is 1. The molecular formula is C23H27F2NO. The van der Waals surface area contributed by atoms with Crippen LogP contribution in [0.1, 0.15) is 66.4 Å². The van der Waals surface area contributed by atoms with E-state index in [1.807, 2.05) is 19.9 Å². The molecule has 0 aromatic heterocycles. The van der Waals surface area contributed by atoms with Crippen LogP contribution in [0, 0.1) is 18.6 Å². The molecule has 0 spiro atoms. The SMILES string of the molecule is CCC(NC1CCC(c2ccc(F)cc2C)CC1)C(=O)c1ccc(F)cc1. The highest BCUT2D eigenvalue weighted by atomic mass is 19.1. The van der Waals surface area contributed by atoms with Crippen molar-refractivity contribution in [2.45, 2.75) is 64.0 Å². The molecule has 1 N–H and O–H groups in total. The Morgan fingerprint density at radius 3 is 2.26 bits per heavy atom. The molecule has 27 heavy (non-hydrogen) atoms. The molecule has 2 aromatic rings. The van der Waals surface area contributed by atoms with Gasteiger partial charge in [0.15, 0.2) is 5.78 Å². The molecule has 1 unspecified atom stereocenters. The Labute approximate surface area is 160 Å². The molecular weight excluding hydrogens is 344 g/mol. The van der Waals surface area contributed by atoms with Crippen molar-refractivity contribution in [1.29, 1.82) is 0 Å². The fourth-order valence-corrected chi connectivity index (χ4v) is 4.15. The molecule has 0 amide bonds. The van der Waals surface area contributed by atoms with Crippen LogP contribution in [0.4, 0.5) is 8.78 Å². The summed E-state index contributed by atoms with van der Waals surface area (Å²) in [5, 5.41) is 3.51. The first-order valence-electron chi connectivity index (χ1n) is 9.79. The number of hydrogen-bond donors (Lipinski definition) is 1. The average Bonchev–Trinajstić information content (AvgIpc) is 2.67. The molecule has 0 heterocycles. The summed E-state index contributed by atoms with van der Waals surface area (Å²) in [6.45, 7) is 3.96. The number of rotatable bonds is 6. The predicted octanol–water partition coefficient (Wildman–Crippen LogP) is 5.55. The second kappa shape index (κ2) is 8.75. The molecule has 1 atom stereocenters. The third kappa shape index (κ3) is 4.81. The molecule has 0 aliphatic heterocycles. The fraction of sp³-hybridized carbons (Fsp3) is 0.435. The lowest BCUT2D eigenvalue weighted by molar-refractivity contribution is 0.0927. The summed E-state index contributed by atoms with van der Waals surface area (Å²) < 4.78 is 26.4. The summed E-state index contributed by atoms with van der Waals surface area (Å²) in [7, 11) is 0. The van der Waals surface area contributed by atoms with Gasteiger partial charge in [0, 0.05) is 11.6 Å². The monoisotopic (exact) mass is 371 g/mol. The van der Waals surface area contributed by atoms with E-state index in [0.29, 0.717) is 23.9 Å². The maximum atomic E-state index is 13.3. The lowest BCUT2D eigenvalue weighted by Gasteiger charge is -2.32. The topological polar surface area (TPSA) is 29.1 Å². The van der Waals surface area contributed by atoms with E-state index < -0.39 is 0 Å². The van der Waals surface area contributed by atoms with Crippen LogP contribution in [0.3, 0.4) is 0 Å². The Morgan fingerprint density at radius 2 is 1.67 bits per heavy atom. The van der Waals surface area contributed by atoms with Crippen molar-refractivity contribution in [1.82, 2.24) is 5.32 Å². The zero-order valence-corrected chi connectivity index (χ0v) is 16.0. The minimum absolute atomic E-state index is 0.0222. The Morgan fingerprint density at radius 1 is 1.04 bits per heavy atom. The van der Waals surface area contributed by atoms with E-state index in [1.165, 1.54) is 17.7 Å². The molecule has 0 saturated heterocycles. The number of Topliss-reactive ketones (excluding diaryl/α,β-unsaturated/α-hetero) is 1. The first kappa shape index (κ1) is 19.7. The molecule has 2 aromatic carbocycles. The smallest absolute Gasteiger partial charge is 0.179 e. The number of halogens is 2. The number of nitrogens with one attached hydrogen (secondary N) is 1. The molecule has 1 aliphatic rings. The average molecular weight is 371 g/mol. The third-order valence-corrected chi connectivity index (χ3v) is 5.69. The van der Waals surface area contributed by atoms with Crippen molar-refractivity contribution in [2.75, 3.05) is 0 Å². The van der Waals surface area contributed by atoms with E-state index in [9.17, 15) is 13.6 Å². The number of ketones is 1. The van der Waals surface area contributed by atoms with Crippen LogP contribution in [0.15, 0.2) is 42.5 Å². The Balaban J connectivity index is 1.58. The summed E-state index contributed by atoms with van der Waals surface area (Å²) in [6, 6.07) is 10.9. The highest BCUT2D eigenvalue weighted by molar-refractivity contribution is 6.00. The zero-order chi connectivity index (χ0) is 19.4. The van der Waals surface area contributed by atoms with Crippen molar-refractivity contribution >= 4 is 5.78 Å². The Hall–Kier alpha value is -2.07. The lowest BCUT2D eigenvalue weighted by Crippen LogP contribution is -2.44. The van der Waals surface area contributed by atoms with Gasteiger partial charge >= 0.3 is 0 Å². The van der Waals surface area contributed by atoms with Gasteiger partial charge in [-0.3, -0.25) is 4.79 Å². The van der Waals surface area contributed by atoms with E-state index >= 15 is 0 Å². The zero-order valence-electron chi connectivity index (χ0n) is 16.0. The van der Waals surface area contributed by atoms with Gasteiger partial charge in [-0.15, -0.1) is 0 Å². The number of aryl methyl sites for hydroxylation is 1. The molecule has 1 saturated carbocycles. The van der Waals surface area contributed by atoms with E-state index in [2.05, 4.69) is 5.32 Å². The van der Waals surface area contributed by atoms with E-state index in [-0.39, 0.29) is 23.5 Å². The third-order valence-electron chi connectivity index (χ3n) is 5.69. The highest BCUT2D eigenvalue weighted by Crippen LogP contribution is 2.35. The number of carbonyl (C=O) groups excluding carboxylic acids is 1. The minimum Gasteiger partial charge on any atom is -0.304 e. The fourth-order valence-electron chi connectivity index (χ4n) is 4.15. The standard InChI is InChI=1S/C23H27F2NO/c1-3-22(23(27)17-4-8-18(24)9-5-17)26-20-11-6-16(7-12-20)21-13-10-19(25)14-15(21)2/h4-5,8-10,13-14,16,20,22,26H,3,6-7,11-12H2,1-2H3. The second-order valence-electron chi connectivity index (χ2n) is 7.55. The number of benzene rings is 2. The second-order valence-corrected chi connectivity index (χ2v) is 7.55. The molecule has 0 radical (unpaired) electrons. The summed E-state index contributed by atoms with van der Waals surface area (Å²) >= 11 is 0. The molecule has 2 nitrogen and oxygen atoms in total. The summed E-state index contributed by atoms with van der Waals surface area (Å²) in [5.41, 5.74) is 2.81. The Kier molecular flexibility index (Phi) is 6.38. The summed E-state index contributed by atoms with van der Waals surface area (Å²) in [4.78, 5) is 12.7. The molecule has 1 fully saturated rings. The largest absolute Gasteiger partial charge is 0.304 e. The van der Waals surface area contributed by atoms with Gasteiger partial charge in [-0.2, -0.15) is 0 Å². The van der Waals surface area contributed by atoms with Crippen LogP contribution in [-0.2, 0) is 0 Å². The van der Waals surface area contributed by atoms with Gasteiger partial charge in [-0.05, 0) is 92.5 Å². The van der Waals surface area contributed by atoms with Crippen molar-refractivity contribution < 1.29 is 13.6 Å². The van der Waals surface area contributed by atoms with Crippen LogP contribution in [-0.4, -0.2) is 17.9 Å². The van der Waals surface area contributed by atoms with Crippen molar-refractivity contribution in [3.8, 4) is 0 Å². The molecule has 4 heteroatoms. The van der Waals surface area contributed by atoms with Gasteiger partial charge in [-0.25, -0.2) is 8.78 Å². The first-order valence-corrected chi connectivity index (χ1v) is 9.79. The first-order chi connectivity index (χ1) is 13.0. The van der Waals surface area contributed by atoms with Gasteiger partial charge in [0.25, 0.3) is 0 Å². The minimum atomic E-state index is -0.332. The van der Waals surface area contributed by atoms with Crippen molar-refractivity contribution in [2.24, 2.45) is 0 Å². The highest BCUT2D eigenvalue weighted by Gasteiger charge is 2.27. The number of hydrogen-bond acceptors (Lipinski definition) is 2. The normalized spacial score (nSPS) is 21.0. The van der Waals surface area contributed by atoms with Crippen LogP contribution in [0.5, 0.6) is 0 Å². The van der Waals surface area contributed by atoms with Crippen molar-refractivity contribution in [3.05, 3.63) is 70.8 Å². The van der Waals surface area contributed by atoms with Gasteiger partial charge in [0.1, 0.15) is 11.6 Å². The molecule has 0 bridgehead atoms. The van der Waals surface area contributed by atoms with Crippen LogP contribution in [0.2, 0.25) is 0 Å². The predicted molar refractivity (Wildman–Crippen MR) is 104 cm³/mol. The molecule has 1 aliphatic carbocycles. The maximum Gasteiger partial charge on any atom is 0.179 e.